The van der Waals surface area contributed by atoms with Crippen molar-refractivity contribution in [2.75, 3.05) is 18.4 Å². The summed E-state index contributed by atoms with van der Waals surface area (Å²) in [5, 5.41) is 5.05. The summed E-state index contributed by atoms with van der Waals surface area (Å²) in [6.45, 7) is 1.27. The number of anilines is 1. The van der Waals surface area contributed by atoms with Crippen LogP contribution in [0, 0.1) is 5.92 Å². The van der Waals surface area contributed by atoms with Gasteiger partial charge in [-0.1, -0.05) is 11.8 Å². The SMILES string of the molecule is O=C(CN1CCc2sccc2[C@@H]1C1CC1)Nc1ccc(SC(F)F)cc1. The highest BCUT2D eigenvalue weighted by atomic mass is 32.2. The summed E-state index contributed by atoms with van der Waals surface area (Å²) in [7, 11) is 0. The fourth-order valence-electron chi connectivity index (χ4n) is 3.64. The fraction of sp³-hybridized carbons (Fsp3) is 0.421. The average Bonchev–Trinajstić information content (AvgIpc) is 3.32. The first-order valence-corrected chi connectivity index (χ1v) is 10.5. The monoisotopic (exact) mass is 394 g/mol. The van der Waals surface area contributed by atoms with Gasteiger partial charge in [0.25, 0.3) is 5.76 Å². The smallest absolute Gasteiger partial charge is 0.288 e. The number of carbonyl (C=O) groups is 1. The highest BCUT2D eigenvalue weighted by Crippen LogP contribution is 2.48. The lowest BCUT2D eigenvalue weighted by atomic mass is 9.96. The minimum Gasteiger partial charge on any atom is -0.325 e. The summed E-state index contributed by atoms with van der Waals surface area (Å²) in [6, 6.07) is 9.14. The third-order valence-corrected chi connectivity index (χ3v) is 6.62. The minimum atomic E-state index is -2.43. The number of carbonyl (C=O) groups excluding carboxylic acids is 1. The van der Waals surface area contributed by atoms with Crippen LogP contribution >= 0.6 is 23.1 Å². The molecule has 0 bridgehead atoms. The molecule has 0 unspecified atom stereocenters. The zero-order valence-corrected chi connectivity index (χ0v) is 15.8. The van der Waals surface area contributed by atoms with E-state index in [1.165, 1.54) is 23.3 Å². The van der Waals surface area contributed by atoms with E-state index < -0.39 is 5.76 Å². The van der Waals surface area contributed by atoms with Crippen LogP contribution in [0.3, 0.4) is 0 Å². The summed E-state index contributed by atoms with van der Waals surface area (Å²) in [5.41, 5.74) is 2.05. The Morgan fingerprint density at radius 1 is 1.27 bits per heavy atom. The average molecular weight is 395 g/mol. The predicted molar refractivity (Wildman–Crippen MR) is 102 cm³/mol. The number of benzene rings is 1. The van der Waals surface area contributed by atoms with Gasteiger partial charge in [-0.2, -0.15) is 8.78 Å². The van der Waals surface area contributed by atoms with Gasteiger partial charge in [-0.05, 0) is 66.5 Å². The van der Waals surface area contributed by atoms with Crippen LogP contribution in [0.15, 0.2) is 40.6 Å². The number of alkyl halides is 2. The standard InChI is InChI=1S/C19H20F2N2OS2/c20-19(21)26-14-5-3-13(4-6-14)22-17(24)11-23-9-7-16-15(8-10-25-16)18(23)12-1-2-12/h3-6,8,10,12,18-19H,1-2,7,9,11H2,(H,22,24)/t18-/m0/s1. The first-order chi connectivity index (χ1) is 12.6. The lowest BCUT2D eigenvalue weighted by molar-refractivity contribution is -0.118. The third-order valence-electron chi connectivity index (χ3n) is 4.90. The van der Waals surface area contributed by atoms with Crippen molar-refractivity contribution in [2.24, 2.45) is 5.92 Å². The van der Waals surface area contributed by atoms with E-state index in [1.54, 1.807) is 24.3 Å². The number of nitrogens with zero attached hydrogens (tertiary/aromatic N) is 1. The van der Waals surface area contributed by atoms with Crippen molar-refractivity contribution in [1.29, 1.82) is 0 Å². The third kappa shape index (κ3) is 4.10. The molecule has 26 heavy (non-hydrogen) atoms. The van der Waals surface area contributed by atoms with Crippen LogP contribution in [0.5, 0.6) is 0 Å². The second-order valence-electron chi connectivity index (χ2n) is 6.75. The van der Waals surface area contributed by atoms with Crippen molar-refractivity contribution < 1.29 is 13.6 Å². The Balaban J connectivity index is 1.38. The highest BCUT2D eigenvalue weighted by molar-refractivity contribution is 7.99. The molecule has 1 N–H and O–H groups in total. The van der Waals surface area contributed by atoms with E-state index in [0.29, 0.717) is 40.8 Å². The maximum absolute atomic E-state index is 12.5. The molecule has 7 heteroatoms. The molecular weight excluding hydrogens is 374 g/mol. The van der Waals surface area contributed by atoms with Crippen molar-refractivity contribution in [2.45, 2.75) is 36.0 Å². The first-order valence-electron chi connectivity index (χ1n) is 8.75. The normalized spacial score (nSPS) is 20.2. The molecule has 0 spiro atoms. The summed E-state index contributed by atoms with van der Waals surface area (Å²) in [4.78, 5) is 16.8. The molecule has 1 aromatic carbocycles. The van der Waals surface area contributed by atoms with E-state index in [4.69, 9.17) is 0 Å². The Kier molecular flexibility index (Phi) is 5.29. The summed E-state index contributed by atoms with van der Waals surface area (Å²) in [6.07, 6.45) is 3.48. The number of fused-ring (bicyclic) bond motifs is 1. The van der Waals surface area contributed by atoms with E-state index in [9.17, 15) is 13.6 Å². The Labute approximate surface area is 159 Å². The van der Waals surface area contributed by atoms with Gasteiger partial charge >= 0.3 is 0 Å². The van der Waals surface area contributed by atoms with E-state index in [0.717, 1.165) is 13.0 Å². The molecule has 1 fully saturated rings. The van der Waals surface area contributed by atoms with Gasteiger partial charge in [-0.15, -0.1) is 11.3 Å². The fourth-order valence-corrected chi connectivity index (χ4v) is 5.06. The van der Waals surface area contributed by atoms with Crippen molar-refractivity contribution in [3.8, 4) is 0 Å². The van der Waals surface area contributed by atoms with Gasteiger partial charge in [0, 0.05) is 28.0 Å². The maximum Gasteiger partial charge on any atom is 0.288 e. The minimum absolute atomic E-state index is 0.0522. The van der Waals surface area contributed by atoms with Crippen LogP contribution in [-0.2, 0) is 11.2 Å². The molecule has 1 amide bonds. The van der Waals surface area contributed by atoms with Crippen molar-refractivity contribution in [3.05, 3.63) is 46.2 Å². The van der Waals surface area contributed by atoms with Crippen molar-refractivity contribution in [1.82, 2.24) is 4.90 Å². The summed E-state index contributed by atoms with van der Waals surface area (Å²) in [5.74, 6) is -1.82. The molecule has 0 radical (unpaired) electrons. The van der Waals surface area contributed by atoms with Crippen LogP contribution in [0.1, 0.15) is 29.3 Å². The van der Waals surface area contributed by atoms with E-state index in [-0.39, 0.29) is 5.91 Å². The molecule has 2 aromatic rings. The number of rotatable bonds is 6. The predicted octanol–water partition coefficient (Wildman–Crippen LogP) is 5.01. The highest BCUT2D eigenvalue weighted by Gasteiger charge is 2.40. The molecule has 4 rings (SSSR count). The van der Waals surface area contributed by atoms with Crippen LogP contribution in [0.25, 0.3) is 0 Å². The first kappa shape index (κ1) is 17.9. The molecule has 1 atom stereocenters. The number of nitrogens with one attached hydrogen (secondary N) is 1. The van der Waals surface area contributed by atoms with Gasteiger partial charge in [-0.25, -0.2) is 0 Å². The molecule has 0 saturated heterocycles. The zero-order valence-electron chi connectivity index (χ0n) is 14.2. The van der Waals surface area contributed by atoms with Gasteiger partial charge < -0.3 is 5.32 Å². The van der Waals surface area contributed by atoms with Gasteiger partial charge in [0.15, 0.2) is 0 Å². The van der Waals surface area contributed by atoms with Crippen LogP contribution in [-0.4, -0.2) is 29.7 Å². The molecule has 2 aliphatic rings. The van der Waals surface area contributed by atoms with Crippen LogP contribution in [0.2, 0.25) is 0 Å². The molecule has 1 aliphatic heterocycles. The van der Waals surface area contributed by atoms with E-state index in [2.05, 4.69) is 21.7 Å². The molecule has 3 nitrogen and oxygen atoms in total. The van der Waals surface area contributed by atoms with Gasteiger partial charge in [0.05, 0.1) is 6.54 Å². The van der Waals surface area contributed by atoms with E-state index in [1.807, 2.05) is 11.3 Å². The number of hydrogen-bond acceptors (Lipinski definition) is 4. The molecule has 1 aromatic heterocycles. The number of hydrogen-bond donors (Lipinski definition) is 1. The quantitative estimate of drug-likeness (QED) is 0.699. The molecule has 138 valence electrons. The number of thioether (sulfide) groups is 1. The lowest BCUT2D eigenvalue weighted by Crippen LogP contribution is -2.41. The topological polar surface area (TPSA) is 32.3 Å². The number of amides is 1. The molecule has 1 saturated carbocycles. The largest absolute Gasteiger partial charge is 0.325 e. The van der Waals surface area contributed by atoms with Crippen molar-refractivity contribution >= 4 is 34.7 Å². The van der Waals surface area contributed by atoms with Gasteiger partial charge in [0.1, 0.15) is 0 Å². The maximum atomic E-state index is 12.5. The van der Waals surface area contributed by atoms with Crippen LogP contribution in [0.4, 0.5) is 14.5 Å². The second-order valence-corrected chi connectivity index (χ2v) is 8.82. The zero-order chi connectivity index (χ0) is 18.1. The molecule has 2 heterocycles. The van der Waals surface area contributed by atoms with Crippen molar-refractivity contribution in [3.63, 3.8) is 0 Å². The van der Waals surface area contributed by atoms with Crippen LogP contribution < -0.4 is 5.32 Å². The summed E-state index contributed by atoms with van der Waals surface area (Å²) >= 11 is 2.33. The Bertz CT molecular complexity index is 774. The number of halogens is 2. The summed E-state index contributed by atoms with van der Waals surface area (Å²) < 4.78 is 24.7. The van der Waals surface area contributed by atoms with Gasteiger partial charge in [0.2, 0.25) is 5.91 Å². The lowest BCUT2D eigenvalue weighted by Gasteiger charge is -2.35. The Morgan fingerprint density at radius 3 is 2.73 bits per heavy atom. The Hall–Kier alpha value is -1.44. The Morgan fingerprint density at radius 2 is 2.04 bits per heavy atom. The second kappa shape index (κ2) is 7.66. The molecule has 1 aliphatic carbocycles. The van der Waals surface area contributed by atoms with Gasteiger partial charge in [-0.3, -0.25) is 9.69 Å². The van der Waals surface area contributed by atoms with E-state index >= 15 is 0 Å². The molecular formula is C19H20F2N2OS2. The number of thiophene rings is 1.